The molecule has 0 aliphatic heterocycles. The second-order valence-corrected chi connectivity index (χ2v) is 4.43. The fourth-order valence-corrected chi connectivity index (χ4v) is 1.89. The van der Waals surface area contributed by atoms with Crippen molar-refractivity contribution in [2.24, 2.45) is 0 Å². The molecule has 3 aromatic rings. The van der Waals surface area contributed by atoms with Gasteiger partial charge in [-0.2, -0.15) is 5.21 Å². The monoisotopic (exact) mass is 295 g/mol. The second kappa shape index (κ2) is 6.49. The number of carbonyl (C=O) groups is 1. The summed E-state index contributed by atoms with van der Waals surface area (Å²) in [7, 11) is 0. The summed E-state index contributed by atoms with van der Waals surface area (Å²) in [6, 6.07) is 16.2. The summed E-state index contributed by atoms with van der Waals surface area (Å²) >= 11 is 0. The Kier molecular flexibility index (Phi) is 4.05. The molecular formula is C15H13N5O2. The Balaban J connectivity index is 1.74. The normalized spacial score (nSPS) is 10.2. The van der Waals surface area contributed by atoms with Crippen LogP contribution >= 0.6 is 0 Å². The highest BCUT2D eigenvalue weighted by Gasteiger charge is 2.13. The van der Waals surface area contributed by atoms with Crippen LogP contribution in [0.15, 0.2) is 54.6 Å². The van der Waals surface area contributed by atoms with Crippen molar-refractivity contribution >= 4 is 11.6 Å². The van der Waals surface area contributed by atoms with E-state index in [4.69, 9.17) is 4.74 Å². The van der Waals surface area contributed by atoms with E-state index in [9.17, 15) is 4.79 Å². The van der Waals surface area contributed by atoms with Gasteiger partial charge >= 0.3 is 0 Å². The lowest BCUT2D eigenvalue weighted by Crippen LogP contribution is -2.13. The van der Waals surface area contributed by atoms with E-state index in [1.807, 2.05) is 30.3 Å². The Labute approximate surface area is 126 Å². The van der Waals surface area contributed by atoms with Crippen LogP contribution in [-0.4, -0.2) is 26.5 Å². The summed E-state index contributed by atoms with van der Waals surface area (Å²) in [5.41, 5.74) is 1.16. The Bertz CT molecular complexity index is 744. The molecule has 3 rings (SSSR count). The van der Waals surface area contributed by atoms with Gasteiger partial charge in [0.25, 0.3) is 5.91 Å². The van der Waals surface area contributed by atoms with Gasteiger partial charge in [-0.05, 0) is 24.3 Å². The summed E-state index contributed by atoms with van der Waals surface area (Å²) in [4.78, 5) is 12.4. The van der Waals surface area contributed by atoms with Crippen LogP contribution in [0.5, 0.6) is 5.75 Å². The number of rotatable bonds is 5. The summed E-state index contributed by atoms with van der Waals surface area (Å²) in [5, 5.41) is 16.2. The van der Waals surface area contributed by atoms with Crippen LogP contribution < -0.4 is 10.1 Å². The molecule has 0 spiro atoms. The fourth-order valence-electron chi connectivity index (χ4n) is 1.89. The third-order valence-electron chi connectivity index (χ3n) is 2.91. The number of tetrazole rings is 1. The number of H-pyrrole nitrogens is 1. The number of nitrogens with one attached hydrogen (secondary N) is 2. The van der Waals surface area contributed by atoms with Gasteiger partial charge in [-0.25, -0.2) is 0 Å². The van der Waals surface area contributed by atoms with Crippen molar-refractivity contribution in [1.82, 2.24) is 20.6 Å². The largest absolute Gasteiger partial charge is 0.485 e. The number of ether oxygens (including phenoxy) is 1. The van der Waals surface area contributed by atoms with Crippen LogP contribution in [-0.2, 0) is 6.61 Å². The maximum Gasteiger partial charge on any atom is 0.259 e. The number of anilines is 1. The first-order valence-electron chi connectivity index (χ1n) is 6.63. The topological polar surface area (TPSA) is 92.8 Å². The number of aromatic amines is 1. The lowest BCUT2D eigenvalue weighted by molar-refractivity contribution is 0.102. The summed E-state index contributed by atoms with van der Waals surface area (Å²) in [6.45, 7) is 0.131. The van der Waals surface area contributed by atoms with Crippen molar-refractivity contribution in [1.29, 1.82) is 0 Å². The molecular weight excluding hydrogens is 282 g/mol. The summed E-state index contributed by atoms with van der Waals surface area (Å²) in [5.74, 6) is 0.633. The van der Waals surface area contributed by atoms with Crippen molar-refractivity contribution < 1.29 is 9.53 Å². The molecule has 2 N–H and O–H groups in total. The van der Waals surface area contributed by atoms with Gasteiger partial charge in [0.2, 0.25) is 5.82 Å². The number of para-hydroxylation sites is 2. The highest BCUT2D eigenvalue weighted by atomic mass is 16.5. The molecule has 1 amide bonds. The molecule has 0 radical (unpaired) electrons. The first kappa shape index (κ1) is 13.7. The predicted octanol–water partition coefficient (Wildman–Crippen LogP) is 2.03. The number of amides is 1. The molecule has 1 aromatic heterocycles. The minimum Gasteiger partial charge on any atom is -0.485 e. The van der Waals surface area contributed by atoms with E-state index in [2.05, 4.69) is 25.9 Å². The standard InChI is InChI=1S/C15H13N5O2/c21-15(16-11-6-2-1-3-7-11)12-8-4-5-9-13(12)22-10-14-17-19-20-18-14/h1-9H,10H2,(H,16,21)(H,17,18,19,20). The maximum absolute atomic E-state index is 12.4. The molecule has 0 unspecified atom stereocenters. The summed E-state index contributed by atoms with van der Waals surface area (Å²) < 4.78 is 5.59. The van der Waals surface area contributed by atoms with Crippen molar-refractivity contribution in [2.45, 2.75) is 6.61 Å². The third kappa shape index (κ3) is 3.26. The van der Waals surface area contributed by atoms with Crippen molar-refractivity contribution in [3.8, 4) is 5.75 Å². The molecule has 0 bridgehead atoms. The van der Waals surface area contributed by atoms with E-state index < -0.39 is 0 Å². The van der Waals surface area contributed by atoms with E-state index in [1.165, 1.54) is 0 Å². The lowest BCUT2D eigenvalue weighted by Gasteiger charge is -2.10. The Morgan fingerprint density at radius 1 is 1.09 bits per heavy atom. The zero-order chi connectivity index (χ0) is 15.2. The minimum atomic E-state index is -0.241. The fraction of sp³-hybridized carbons (Fsp3) is 0.0667. The van der Waals surface area contributed by atoms with Crippen LogP contribution in [0.25, 0.3) is 0 Å². The van der Waals surface area contributed by atoms with Crippen LogP contribution in [0.2, 0.25) is 0 Å². The van der Waals surface area contributed by atoms with E-state index in [0.717, 1.165) is 5.69 Å². The van der Waals surface area contributed by atoms with Gasteiger partial charge in [-0.15, -0.1) is 10.2 Å². The Hall–Kier alpha value is -3.22. The van der Waals surface area contributed by atoms with Gasteiger partial charge in [0.1, 0.15) is 5.75 Å². The van der Waals surface area contributed by atoms with E-state index in [-0.39, 0.29) is 12.5 Å². The van der Waals surface area contributed by atoms with E-state index >= 15 is 0 Å². The molecule has 0 fully saturated rings. The van der Waals surface area contributed by atoms with Gasteiger partial charge in [0, 0.05) is 5.69 Å². The van der Waals surface area contributed by atoms with Crippen molar-refractivity contribution in [2.75, 3.05) is 5.32 Å². The molecule has 110 valence electrons. The average Bonchev–Trinajstić information content (AvgIpc) is 3.07. The number of nitrogens with zero attached hydrogens (tertiary/aromatic N) is 3. The Morgan fingerprint density at radius 2 is 1.86 bits per heavy atom. The molecule has 0 saturated carbocycles. The number of benzene rings is 2. The van der Waals surface area contributed by atoms with Crippen molar-refractivity contribution in [3.05, 3.63) is 66.0 Å². The van der Waals surface area contributed by atoms with E-state index in [0.29, 0.717) is 17.1 Å². The molecule has 2 aromatic carbocycles. The first-order valence-corrected chi connectivity index (χ1v) is 6.63. The number of carbonyl (C=O) groups excluding carboxylic acids is 1. The smallest absolute Gasteiger partial charge is 0.259 e. The van der Waals surface area contributed by atoms with Crippen LogP contribution in [0.3, 0.4) is 0 Å². The molecule has 0 aliphatic carbocycles. The van der Waals surface area contributed by atoms with Crippen LogP contribution in [0.4, 0.5) is 5.69 Å². The van der Waals surface area contributed by atoms with Gasteiger partial charge < -0.3 is 10.1 Å². The molecule has 0 saturated heterocycles. The van der Waals surface area contributed by atoms with Gasteiger partial charge in [0.05, 0.1) is 5.56 Å². The Morgan fingerprint density at radius 3 is 2.64 bits per heavy atom. The number of hydrogen-bond donors (Lipinski definition) is 2. The zero-order valence-electron chi connectivity index (χ0n) is 11.6. The maximum atomic E-state index is 12.4. The van der Waals surface area contributed by atoms with Gasteiger partial charge in [0.15, 0.2) is 6.61 Å². The molecule has 22 heavy (non-hydrogen) atoms. The third-order valence-corrected chi connectivity index (χ3v) is 2.91. The van der Waals surface area contributed by atoms with E-state index in [1.54, 1.807) is 24.3 Å². The minimum absolute atomic E-state index is 0.131. The molecule has 7 nitrogen and oxygen atoms in total. The predicted molar refractivity (Wildman–Crippen MR) is 79.3 cm³/mol. The van der Waals surface area contributed by atoms with Crippen LogP contribution in [0, 0.1) is 0 Å². The molecule has 0 atom stereocenters. The number of hydrogen-bond acceptors (Lipinski definition) is 5. The number of aromatic nitrogens is 4. The molecule has 0 aliphatic rings. The van der Waals surface area contributed by atoms with Gasteiger partial charge in [-0.1, -0.05) is 35.5 Å². The van der Waals surface area contributed by atoms with Gasteiger partial charge in [-0.3, -0.25) is 4.79 Å². The van der Waals surface area contributed by atoms with Crippen molar-refractivity contribution in [3.63, 3.8) is 0 Å². The quantitative estimate of drug-likeness (QED) is 0.751. The second-order valence-electron chi connectivity index (χ2n) is 4.43. The zero-order valence-corrected chi connectivity index (χ0v) is 11.6. The lowest BCUT2D eigenvalue weighted by atomic mass is 10.2. The first-order chi connectivity index (χ1) is 10.8. The molecule has 7 heteroatoms. The van der Waals surface area contributed by atoms with Crippen LogP contribution in [0.1, 0.15) is 16.2 Å². The molecule has 1 heterocycles. The highest BCUT2D eigenvalue weighted by Crippen LogP contribution is 2.20. The summed E-state index contributed by atoms with van der Waals surface area (Å²) in [6.07, 6.45) is 0. The average molecular weight is 295 g/mol. The highest BCUT2D eigenvalue weighted by molar-refractivity contribution is 6.06. The SMILES string of the molecule is O=C(Nc1ccccc1)c1ccccc1OCc1nn[nH]n1.